The van der Waals surface area contributed by atoms with Gasteiger partial charge in [-0.2, -0.15) is 0 Å². The number of aromatic hydroxyl groups is 1. The summed E-state index contributed by atoms with van der Waals surface area (Å²) in [6, 6.07) is 26.1. The molecule has 3 aromatic carbocycles. The second kappa shape index (κ2) is 7.14. The van der Waals surface area contributed by atoms with Crippen LogP contribution in [0.4, 0.5) is 17.2 Å². The van der Waals surface area contributed by atoms with Gasteiger partial charge < -0.3 is 5.11 Å². The zero-order valence-corrected chi connectivity index (χ0v) is 18.4. The van der Waals surface area contributed by atoms with Crippen molar-refractivity contribution in [2.45, 2.75) is 19.3 Å². The highest BCUT2D eigenvalue weighted by Crippen LogP contribution is 2.52. The molecule has 1 aliphatic heterocycles. The molecule has 0 fully saturated rings. The summed E-state index contributed by atoms with van der Waals surface area (Å²) in [6.45, 7) is 4.52. The van der Waals surface area contributed by atoms with E-state index in [9.17, 15) is 5.11 Å². The van der Waals surface area contributed by atoms with Crippen molar-refractivity contribution in [1.82, 2.24) is 15.0 Å². The zero-order chi connectivity index (χ0) is 22.6. The van der Waals surface area contributed by atoms with Gasteiger partial charge in [0.25, 0.3) is 0 Å². The zero-order valence-electron chi connectivity index (χ0n) is 18.4. The molecule has 1 N–H and O–H groups in total. The molecular formula is C28H22N4O. The van der Waals surface area contributed by atoms with Crippen LogP contribution in [0.2, 0.25) is 0 Å². The van der Waals surface area contributed by atoms with Crippen molar-refractivity contribution in [2.75, 3.05) is 4.90 Å². The fourth-order valence-corrected chi connectivity index (χ4v) is 4.77. The van der Waals surface area contributed by atoms with Crippen molar-refractivity contribution >= 4 is 28.2 Å². The molecule has 33 heavy (non-hydrogen) atoms. The molecule has 1 aliphatic rings. The van der Waals surface area contributed by atoms with Gasteiger partial charge in [-0.15, -0.1) is 0 Å². The molecule has 3 heterocycles. The second-order valence-electron chi connectivity index (χ2n) is 8.80. The maximum atomic E-state index is 10.3. The lowest BCUT2D eigenvalue weighted by Gasteiger charge is -2.41. The summed E-state index contributed by atoms with van der Waals surface area (Å²) < 4.78 is 0. The number of phenolic OH excluding ortho intramolecular Hbond substituents is 1. The number of benzene rings is 3. The van der Waals surface area contributed by atoms with E-state index in [-0.39, 0.29) is 11.2 Å². The Kier molecular flexibility index (Phi) is 4.20. The Bertz CT molecular complexity index is 1510. The van der Waals surface area contributed by atoms with Crippen molar-refractivity contribution in [3.8, 4) is 17.0 Å². The highest BCUT2D eigenvalue weighted by atomic mass is 16.3. The summed E-state index contributed by atoms with van der Waals surface area (Å²) in [5.41, 5.74) is 7.29. The van der Waals surface area contributed by atoms with Crippen LogP contribution in [0.5, 0.6) is 5.75 Å². The van der Waals surface area contributed by atoms with E-state index in [1.807, 2.05) is 30.5 Å². The van der Waals surface area contributed by atoms with E-state index in [1.54, 1.807) is 18.3 Å². The van der Waals surface area contributed by atoms with Crippen molar-refractivity contribution in [1.29, 1.82) is 0 Å². The lowest BCUT2D eigenvalue weighted by atomic mass is 9.73. The van der Waals surface area contributed by atoms with Crippen LogP contribution < -0.4 is 4.90 Å². The molecule has 5 heteroatoms. The SMILES string of the molecule is CC1(C)c2ccccc2N(c2ccccn2)c2cc(-c3cnc4cccc(O)c4n3)ccc21. The molecule has 0 bridgehead atoms. The first-order valence-corrected chi connectivity index (χ1v) is 10.9. The van der Waals surface area contributed by atoms with Crippen LogP contribution in [0.15, 0.2) is 91.3 Å². The predicted molar refractivity (Wildman–Crippen MR) is 131 cm³/mol. The quantitative estimate of drug-likeness (QED) is 0.346. The number of para-hydroxylation sites is 2. The fourth-order valence-electron chi connectivity index (χ4n) is 4.77. The molecule has 0 saturated heterocycles. The van der Waals surface area contributed by atoms with Crippen LogP contribution >= 0.6 is 0 Å². The van der Waals surface area contributed by atoms with E-state index < -0.39 is 0 Å². The Labute approximate surface area is 192 Å². The van der Waals surface area contributed by atoms with Crippen molar-refractivity contribution in [3.63, 3.8) is 0 Å². The highest BCUT2D eigenvalue weighted by Gasteiger charge is 2.37. The fraction of sp³-hybridized carbons (Fsp3) is 0.107. The summed E-state index contributed by atoms with van der Waals surface area (Å²) in [4.78, 5) is 16.1. The Morgan fingerprint density at radius 1 is 0.788 bits per heavy atom. The Morgan fingerprint density at radius 3 is 2.45 bits per heavy atom. The monoisotopic (exact) mass is 430 g/mol. The van der Waals surface area contributed by atoms with Crippen LogP contribution in [-0.4, -0.2) is 20.1 Å². The highest BCUT2D eigenvalue weighted by molar-refractivity contribution is 5.88. The topological polar surface area (TPSA) is 62.1 Å². The third-order valence-electron chi connectivity index (χ3n) is 6.46. The van der Waals surface area contributed by atoms with Gasteiger partial charge >= 0.3 is 0 Å². The van der Waals surface area contributed by atoms with Gasteiger partial charge in [-0.05, 0) is 47.5 Å². The molecule has 0 atom stereocenters. The van der Waals surface area contributed by atoms with E-state index in [0.29, 0.717) is 16.7 Å². The van der Waals surface area contributed by atoms with Gasteiger partial charge in [-0.1, -0.05) is 56.3 Å². The number of nitrogens with zero attached hydrogens (tertiary/aromatic N) is 4. The average molecular weight is 431 g/mol. The van der Waals surface area contributed by atoms with E-state index >= 15 is 0 Å². The van der Waals surface area contributed by atoms with E-state index in [2.05, 4.69) is 71.2 Å². The lowest BCUT2D eigenvalue weighted by Crippen LogP contribution is -2.30. The summed E-state index contributed by atoms with van der Waals surface area (Å²) in [5, 5.41) is 10.3. The Balaban J connectivity index is 1.59. The summed E-state index contributed by atoms with van der Waals surface area (Å²) in [7, 11) is 0. The molecule has 5 nitrogen and oxygen atoms in total. The largest absolute Gasteiger partial charge is 0.506 e. The molecule has 0 aliphatic carbocycles. The van der Waals surface area contributed by atoms with Gasteiger partial charge in [-0.25, -0.2) is 9.97 Å². The molecule has 160 valence electrons. The minimum absolute atomic E-state index is 0.130. The predicted octanol–water partition coefficient (Wildman–Crippen LogP) is 6.51. The van der Waals surface area contributed by atoms with Crippen molar-refractivity contribution < 1.29 is 5.11 Å². The number of phenols is 1. The first-order chi connectivity index (χ1) is 16.0. The normalized spacial score (nSPS) is 14.1. The first-order valence-electron chi connectivity index (χ1n) is 10.9. The Hall–Kier alpha value is -4.25. The standard InChI is InChI=1S/C28H22N4O/c1-28(2)19-8-3-4-10-23(19)32(26-12-5-6-15-29-26)24-16-18(13-14-20(24)28)22-17-30-21-9-7-11-25(33)27(21)31-22/h3-17,33H,1-2H3. The van der Waals surface area contributed by atoms with Crippen LogP contribution in [0, 0.1) is 0 Å². The minimum atomic E-state index is -0.178. The molecule has 2 aromatic heterocycles. The minimum Gasteiger partial charge on any atom is -0.506 e. The number of aromatic nitrogens is 3. The molecule has 0 unspecified atom stereocenters. The third-order valence-corrected chi connectivity index (χ3v) is 6.46. The van der Waals surface area contributed by atoms with Gasteiger partial charge in [0, 0.05) is 17.2 Å². The molecule has 0 radical (unpaired) electrons. The van der Waals surface area contributed by atoms with Crippen LogP contribution in [-0.2, 0) is 5.41 Å². The summed E-state index contributed by atoms with van der Waals surface area (Å²) in [6.07, 6.45) is 3.58. The maximum Gasteiger partial charge on any atom is 0.143 e. The average Bonchev–Trinajstić information content (AvgIpc) is 2.85. The number of pyridine rings is 1. The van der Waals surface area contributed by atoms with Gasteiger partial charge in [-0.3, -0.25) is 9.88 Å². The van der Waals surface area contributed by atoms with Gasteiger partial charge in [0.1, 0.15) is 17.1 Å². The molecule has 5 aromatic rings. The number of hydrogen-bond acceptors (Lipinski definition) is 5. The first kappa shape index (κ1) is 19.4. The molecular weight excluding hydrogens is 408 g/mol. The molecule has 0 spiro atoms. The van der Waals surface area contributed by atoms with Gasteiger partial charge in [0.2, 0.25) is 0 Å². The number of rotatable bonds is 2. The lowest BCUT2D eigenvalue weighted by molar-refractivity contribution is 0.480. The smallest absolute Gasteiger partial charge is 0.143 e. The van der Waals surface area contributed by atoms with E-state index in [4.69, 9.17) is 4.98 Å². The molecule has 0 saturated carbocycles. The van der Waals surface area contributed by atoms with Crippen molar-refractivity contribution in [2.24, 2.45) is 0 Å². The summed E-state index contributed by atoms with van der Waals surface area (Å²) in [5.74, 6) is 0.992. The van der Waals surface area contributed by atoms with E-state index in [0.717, 1.165) is 22.8 Å². The number of anilines is 3. The Morgan fingerprint density at radius 2 is 1.61 bits per heavy atom. The summed E-state index contributed by atoms with van der Waals surface area (Å²) >= 11 is 0. The van der Waals surface area contributed by atoms with Crippen LogP contribution in [0.3, 0.4) is 0 Å². The van der Waals surface area contributed by atoms with Crippen LogP contribution in [0.25, 0.3) is 22.3 Å². The molecule has 0 amide bonds. The van der Waals surface area contributed by atoms with Gasteiger partial charge in [0.15, 0.2) is 0 Å². The van der Waals surface area contributed by atoms with Crippen molar-refractivity contribution in [3.05, 3.63) is 102 Å². The number of hydrogen-bond donors (Lipinski definition) is 1. The van der Waals surface area contributed by atoms with Crippen LogP contribution in [0.1, 0.15) is 25.0 Å². The maximum absolute atomic E-state index is 10.3. The molecule has 6 rings (SSSR count). The third kappa shape index (κ3) is 2.97. The van der Waals surface area contributed by atoms with Gasteiger partial charge in [0.05, 0.1) is 28.8 Å². The second-order valence-corrected chi connectivity index (χ2v) is 8.80. The number of fused-ring (bicyclic) bond motifs is 3. The van der Waals surface area contributed by atoms with E-state index in [1.165, 1.54) is 11.1 Å².